The van der Waals surface area contributed by atoms with E-state index in [9.17, 15) is 9.59 Å². The van der Waals surface area contributed by atoms with Gasteiger partial charge >= 0.3 is 0 Å². The number of carbonyl (C=O) groups is 2. The predicted octanol–water partition coefficient (Wildman–Crippen LogP) is 2.65. The van der Waals surface area contributed by atoms with Crippen molar-refractivity contribution in [2.24, 2.45) is 11.3 Å². The molecule has 3 rings (SSSR count). The number of benzene rings is 1. The number of amides is 2. The van der Waals surface area contributed by atoms with E-state index in [1.807, 2.05) is 41.8 Å². The van der Waals surface area contributed by atoms with Gasteiger partial charge in [0.25, 0.3) is 5.91 Å². The molecule has 0 bridgehead atoms. The van der Waals surface area contributed by atoms with Crippen molar-refractivity contribution >= 4 is 11.8 Å². The summed E-state index contributed by atoms with van der Waals surface area (Å²) in [7, 11) is 0. The summed E-state index contributed by atoms with van der Waals surface area (Å²) in [5.41, 5.74) is 3.06. The summed E-state index contributed by atoms with van der Waals surface area (Å²) in [6.07, 6.45) is 0.897. The number of ether oxygens (including phenoxy) is 1. The maximum atomic E-state index is 13.1. The van der Waals surface area contributed by atoms with Crippen LogP contribution in [-0.2, 0) is 9.53 Å². The highest BCUT2D eigenvalue weighted by Crippen LogP contribution is 2.43. The van der Waals surface area contributed by atoms with Crippen LogP contribution >= 0.6 is 0 Å². The van der Waals surface area contributed by atoms with Crippen molar-refractivity contribution in [1.82, 2.24) is 9.80 Å². The lowest BCUT2D eigenvalue weighted by Gasteiger charge is -2.42. The van der Waals surface area contributed by atoms with E-state index in [-0.39, 0.29) is 23.1 Å². The fraction of sp³-hybridized carbons (Fsp3) is 0.619. The van der Waals surface area contributed by atoms with Crippen molar-refractivity contribution in [3.05, 3.63) is 34.9 Å². The van der Waals surface area contributed by atoms with Crippen LogP contribution < -0.4 is 0 Å². The molecule has 142 valence electrons. The predicted molar refractivity (Wildman–Crippen MR) is 101 cm³/mol. The molecular weight excluding hydrogens is 328 g/mol. The van der Waals surface area contributed by atoms with E-state index < -0.39 is 0 Å². The quantitative estimate of drug-likeness (QED) is 0.831. The first-order valence-electron chi connectivity index (χ1n) is 9.56. The zero-order valence-electron chi connectivity index (χ0n) is 16.4. The Kier molecular flexibility index (Phi) is 5.37. The number of nitrogens with zero attached hydrogens (tertiary/aromatic N) is 2. The second-order valence-electron chi connectivity index (χ2n) is 7.90. The van der Waals surface area contributed by atoms with Gasteiger partial charge in [-0.1, -0.05) is 6.07 Å². The Bertz CT molecular complexity index is 702. The van der Waals surface area contributed by atoms with Gasteiger partial charge < -0.3 is 14.5 Å². The summed E-state index contributed by atoms with van der Waals surface area (Å²) in [5.74, 6) is 0.490. The SMILES string of the molecule is CCOC[C@@]12CCN(C(C)=O)C[C@@H]1CN(C(=O)c1ccc(C)c(C)c1)C2. The molecule has 2 saturated heterocycles. The first kappa shape index (κ1) is 18.9. The third-order valence-corrected chi connectivity index (χ3v) is 6.21. The largest absolute Gasteiger partial charge is 0.381 e. The molecule has 0 aromatic heterocycles. The first-order chi connectivity index (χ1) is 12.4. The summed E-state index contributed by atoms with van der Waals surface area (Å²) in [6.45, 7) is 12.0. The number of carbonyl (C=O) groups excluding carboxylic acids is 2. The lowest BCUT2D eigenvalue weighted by Crippen LogP contribution is -2.50. The van der Waals surface area contributed by atoms with Crippen LogP contribution in [-0.4, -0.2) is 61.0 Å². The van der Waals surface area contributed by atoms with Crippen molar-refractivity contribution in [3.63, 3.8) is 0 Å². The molecule has 26 heavy (non-hydrogen) atoms. The molecule has 2 atom stereocenters. The fourth-order valence-electron chi connectivity index (χ4n) is 4.32. The average Bonchev–Trinajstić information content (AvgIpc) is 3.00. The monoisotopic (exact) mass is 358 g/mol. The zero-order valence-corrected chi connectivity index (χ0v) is 16.4. The van der Waals surface area contributed by atoms with Gasteiger partial charge in [-0.25, -0.2) is 0 Å². The van der Waals surface area contributed by atoms with Crippen LogP contribution in [0.1, 0.15) is 41.8 Å². The summed E-state index contributed by atoms with van der Waals surface area (Å²) in [6, 6.07) is 5.92. The Morgan fingerprint density at radius 3 is 2.58 bits per heavy atom. The van der Waals surface area contributed by atoms with E-state index >= 15 is 0 Å². The maximum Gasteiger partial charge on any atom is 0.253 e. The van der Waals surface area contributed by atoms with Crippen LogP contribution in [0.2, 0.25) is 0 Å². The molecule has 2 fully saturated rings. The molecule has 5 nitrogen and oxygen atoms in total. The van der Waals surface area contributed by atoms with Crippen molar-refractivity contribution < 1.29 is 14.3 Å². The summed E-state index contributed by atoms with van der Waals surface area (Å²) in [5, 5.41) is 0. The third kappa shape index (κ3) is 3.50. The topological polar surface area (TPSA) is 49.9 Å². The van der Waals surface area contributed by atoms with Crippen LogP contribution in [0.4, 0.5) is 0 Å². The molecule has 2 amide bonds. The minimum atomic E-state index is -0.0304. The van der Waals surface area contributed by atoms with E-state index in [4.69, 9.17) is 4.74 Å². The number of hydrogen-bond acceptors (Lipinski definition) is 3. The Balaban J connectivity index is 1.81. The Labute approximate surface area is 156 Å². The van der Waals surface area contributed by atoms with Crippen LogP contribution in [0.15, 0.2) is 18.2 Å². The third-order valence-electron chi connectivity index (χ3n) is 6.21. The van der Waals surface area contributed by atoms with Gasteiger partial charge in [-0.3, -0.25) is 9.59 Å². The summed E-state index contributed by atoms with van der Waals surface area (Å²) in [4.78, 5) is 28.8. The van der Waals surface area contributed by atoms with Gasteiger partial charge in [0, 0.05) is 56.6 Å². The second kappa shape index (κ2) is 7.39. The molecule has 2 aliphatic rings. The van der Waals surface area contributed by atoms with E-state index in [2.05, 4.69) is 6.92 Å². The highest BCUT2D eigenvalue weighted by Gasteiger charge is 2.51. The second-order valence-corrected chi connectivity index (χ2v) is 7.90. The maximum absolute atomic E-state index is 13.1. The van der Waals surface area contributed by atoms with Gasteiger partial charge in [0.05, 0.1) is 6.61 Å². The first-order valence-corrected chi connectivity index (χ1v) is 9.56. The van der Waals surface area contributed by atoms with Crippen molar-refractivity contribution in [3.8, 4) is 0 Å². The van der Waals surface area contributed by atoms with E-state index in [1.54, 1.807) is 6.92 Å². The Hall–Kier alpha value is -1.88. The van der Waals surface area contributed by atoms with Crippen LogP contribution in [0.3, 0.4) is 0 Å². The number of aryl methyl sites for hydroxylation is 2. The Morgan fingerprint density at radius 1 is 1.19 bits per heavy atom. The molecular formula is C21H30N2O3. The van der Waals surface area contributed by atoms with E-state index in [0.29, 0.717) is 19.8 Å². The highest BCUT2D eigenvalue weighted by molar-refractivity contribution is 5.94. The molecule has 2 aliphatic heterocycles. The number of hydrogen-bond donors (Lipinski definition) is 0. The standard InChI is InChI=1S/C21H30N2O3/c1-5-26-14-21-8-9-22(17(4)24)11-19(21)12-23(13-21)20(25)18-7-6-15(2)16(3)10-18/h6-7,10,19H,5,8-9,11-14H2,1-4H3/t19-,21+/m1/s1. The summed E-state index contributed by atoms with van der Waals surface area (Å²) >= 11 is 0. The van der Waals surface area contributed by atoms with Crippen molar-refractivity contribution in [1.29, 1.82) is 0 Å². The van der Waals surface area contributed by atoms with Gasteiger partial charge in [-0.2, -0.15) is 0 Å². The van der Waals surface area contributed by atoms with Gasteiger partial charge in [-0.05, 0) is 50.5 Å². The van der Waals surface area contributed by atoms with Crippen LogP contribution in [0.5, 0.6) is 0 Å². The smallest absolute Gasteiger partial charge is 0.253 e. The molecule has 0 unspecified atom stereocenters. The molecule has 0 aliphatic carbocycles. The minimum Gasteiger partial charge on any atom is -0.381 e. The lowest BCUT2D eigenvalue weighted by molar-refractivity contribution is -0.133. The number of rotatable bonds is 4. The van der Waals surface area contributed by atoms with Crippen LogP contribution in [0.25, 0.3) is 0 Å². The molecule has 0 radical (unpaired) electrons. The minimum absolute atomic E-state index is 0.0304. The van der Waals surface area contributed by atoms with Gasteiger partial charge in [0.2, 0.25) is 5.91 Å². The van der Waals surface area contributed by atoms with Gasteiger partial charge in [0.1, 0.15) is 0 Å². The molecule has 0 N–H and O–H groups in total. The number of fused-ring (bicyclic) bond motifs is 1. The van der Waals surface area contributed by atoms with E-state index in [0.717, 1.165) is 37.2 Å². The van der Waals surface area contributed by atoms with Gasteiger partial charge in [-0.15, -0.1) is 0 Å². The van der Waals surface area contributed by atoms with Crippen molar-refractivity contribution in [2.75, 3.05) is 39.4 Å². The summed E-state index contributed by atoms with van der Waals surface area (Å²) < 4.78 is 5.80. The lowest BCUT2D eigenvalue weighted by atomic mass is 9.73. The molecule has 0 spiro atoms. The molecule has 1 aromatic carbocycles. The molecule has 0 saturated carbocycles. The Morgan fingerprint density at radius 2 is 1.92 bits per heavy atom. The fourth-order valence-corrected chi connectivity index (χ4v) is 4.32. The molecule has 5 heteroatoms. The molecule has 2 heterocycles. The number of likely N-dealkylation sites (tertiary alicyclic amines) is 2. The van der Waals surface area contributed by atoms with Crippen molar-refractivity contribution in [2.45, 2.75) is 34.1 Å². The highest BCUT2D eigenvalue weighted by atomic mass is 16.5. The van der Waals surface area contributed by atoms with E-state index in [1.165, 1.54) is 5.56 Å². The van der Waals surface area contributed by atoms with Crippen LogP contribution in [0, 0.1) is 25.2 Å². The number of piperidine rings is 1. The zero-order chi connectivity index (χ0) is 18.9. The molecule has 1 aromatic rings. The average molecular weight is 358 g/mol. The normalized spacial score (nSPS) is 25.3. The van der Waals surface area contributed by atoms with Gasteiger partial charge in [0.15, 0.2) is 0 Å².